The van der Waals surface area contributed by atoms with Gasteiger partial charge >= 0.3 is 11.9 Å². The van der Waals surface area contributed by atoms with Crippen molar-refractivity contribution in [3.8, 4) is 0 Å². The fourth-order valence-electron chi connectivity index (χ4n) is 1.75. The number of carboxylic acids is 1. The Hall–Kier alpha value is -1.01. The molecule has 0 unspecified atom stereocenters. The Labute approximate surface area is 111 Å². The number of halogens is 1. The van der Waals surface area contributed by atoms with Crippen LogP contribution in [0.15, 0.2) is 21.5 Å². The first-order chi connectivity index (χ1) is 8.00. The SMILES string of the molecule is Cc1cc(Br)c2c(c1)SCCN2C(=O)C(=O)O. The quantitative estimate of drug-likeness (QED) is 0.746. The smallest absolute Gasteiger partial charge is 0.394 e. The molecule has 1 heterocycles. The second-order valence-electron chi connectivity index (χ2n) is 3.70. The van der Waals surface area contributed by atoms with Crippen LogP contribution in [0.1, 0.15) is 5.56 Å². The number of aryl methyl sites for hydroxylation is 1. The van der Waals surface area contributed by atoms with Gasteiger partial charge in [0.2, 0.25) is 0 Å². The Morgan fingerprint density at radius 3 is 2.82 bits per heavy atom. The second-order valence-corrected chi connectivity index (χ2v) is 5.69. The minimum atomic E-state index is -1.42. The van der Waals surface area contributed by atoms with E-state index in [1.807, 2.05) is 19.1 Å². The van der Waals surface area contributed by atoms with Crippen LogP contribution in [0, 0.1) is 6.92 Å². The highest BCUT2D eigenvalue weighted by Gasteiger charge is 2.29. The summed E-state index contributed by atoms with van der Waals surface area (Å²) < 4.78 is 0.759. The van der Waals surface area contributed by atoms with E-state index in [2.05, 4.69) is 15.9 Å². The van der Waals surface area contributed by atoms with Crippen molar-refractivity contribution in [1.29, 1.82) is 0 Å². The normalized spacial score (nSPS) is 14.4. The predicted molar refractivity (Wildman–Crippen MR) is 69.6 cm³/mol. The van der Waals surface area contributed by atoms with Gasteiger partial charge < -0.3 is 5.11 Å². The number of hydrogen-bond acceptors (Lipinski definition) is 3. The highest BCUT2D eigenvalue weighted by molar-refractivity contribution is 9.10. The van der Waals surface area contributed by atoms with Gasteiger partial charge in [0.15, 0.2) is 0 Å². The molecule has 0 saturated heterocycles. The van der Waals surface area contributed by atoms with Gasteiger partial charge in [0.1, 0.15) is 0 Å². The largest absolute Gasteiger partial charge is 0.474 e. The molecule has 1 N–H and O–H groups in total. The molecule has 17 heavy (non-hydrogen) atoms. The number of thioether (sulfide) groups is 1. The molecule has 1 amide bonds. The predicted octanol–water partition coefficient (Wildman–Crippen LogP) is 2.28. The van der Waals surface area contributed by atoms with Gasteiger partial charge in [-0.3, -0.25) is 9.69 Å². The molecule has 0 radical (unpaired) electrons. The van der Waals surface area contributed by atoms with Crippen molar-refractivity contribution in [3.05, 3.63) is 22.2 Å². The average Bonchev–Trinajstić information content (AvgIpc) is 2.26. The van der Waals surface area contributed by atoms with Gasteiger partial charge in [0.25, 0.3) is 0 Å². The van der Waals surface area contributed by atoms with Gasteiger partial charge in [-0.15, -0.1) is 11.8 Å². The molecule has 0 bridgehead atoms. The standard InChI is InChI=1S/C11H10BrNO3S/c1-6-4-7(12)9-8(5-6)17-3-2-13(9)10(14)11(15)16/h4-5H,2-3H2,1H3,(H,15,16). The summed E-state index contributed by atoms with van der Waals surface area (Å²) in [6.07, 6.45) is 0. The third-order valence-corrected chi connectivity index (χ3v) is 4.06. The summed E-state index contributed by atoms with van der Waals surface area (Å²) in [6.45, 7) is 2.38. The Morgan fingerprint density at radius 2 is 2.18 bits per heavy atom. The van der Waals surface area contributed by atoms with Crippen molar-refractivity contribution >= 4 is 45.3 Å². The Morgan fingerprint density at radius 1 is 1.47 bits per heavy atom. The summed E-state index contributed by atoms with van der Waals surface area (Å²) in [5.74, 6) is -1.59. The number of carbonyl (C=O) groups is 2. The lowest BCUT2D eigenvalue weighted by molar-refractivity contribution is -0.148. The number of carbonyl (C=O) groups excluding carboxylic acids is 1. The number of amides is 1. The Bertz CT molecular complexity index is 504. The highest BCUT2D eigenvalue weighted by Crippen LogP contribution is 2.40. The van der Waals surface area contributed by atoms with Crippen LogP contribution in [0.5, 0.6) is 0 Å². The molecule has 4 nitrogen and oxygen atoms in total. The van der Waals surface area contributed by atoms with E-state index in [1.165, 1.54) is 4.90 Å². The number of rotatable bonds is 0. The molecule has 1 aromatic carbocycles. The van der Waals surface area contributed by atoms with Gasteiger partial charge in [-0.2, -0.15) is 0 Å². The van der Waals surface area contributed by atoms with Crippen molar-refractivity contribution in [2.24, 2.45) is 0 Å². The van der Waals surface area contributed by atoms with Crippen molar-refractivity contribution in [2.75, 3.05) is 17.2 Å². The van der Waals surface area contributed by atoms with E-state index in [1.54, 1.807) is 11.8 Å². The van der Waals surface area contributed by atoms with E-state index in [4.69, 9.17) is 5.11 Å². The fraction of sp³-hybridized carbons (Fsp3) is 0.273. The summed E-state index contributed by atoms with van der Waals surface area (Å²) in [4.78, 5) is 24.6. The topological polar surface area (TPSA) is 57.6 Å². The number of anilines is 1. The van der Waals surface area contributed by atoms with Crippen molar-refractivity contribution < 1.29 is 14.7 Å². The summed E-state index contributed by atoms with van der Waals surface area (Å²) in [5.41, 5.74) is 1.74. The zero-order valence-electron chi connectivity index (χ0n) is 9.07. The molecule has 0 fully saturated rings. The molecule has 90 valence electrons. The molecule has 1 aliphatic heterocycles. The number of fused-ring (bicyclic) bond motifs is 1. The average molecular weight is 316 g/mol. The second kappa shape index (κ2) is 4.70. The minimum absolute atomic E-state index is 0.421. The van der Waals surface area contributed by atoms with Gasteiger partial charge in [0, 0.05) is 21.7 Å². The van der Waals surface area contributed by atoms with Crippen LogP contribution in [0.4, 0.5) is 5.69 Å². The summed E-state index contributed by atoms with van der Waals surface area (Å²) in [7, 11) is 0. The van der Waals surface area contributed by atoms with Crippen molar-refractivity contribution in [3.63, 3.8) is 0 Å². The van der Waals surface area contributed by atoms with Crippen LogP contribution in [0.2, 0.25) is 0 Å². The van der Waals surface area contributed by atoms with E-state index in [0.717, 1.165) is 14.9 Å². The minimum Gasteiger partial charge on any atom is -0.474 e. The number of carboxylic acid groups (broad SMARTS) is 1. The first-order valence-electron chi connectivity index (χ1n) is 4.98. The van der Waals surface area contributed by atoms with Gasteiger partial charge in [-0.05, 0) is 40.5 Å². The third-order valence-electron chi connectivity index (χ3n) is 2.44. The number of aliphatic carboxylic acids is 1. The zero-order valence-corrected chi connectivity index (χ0v) is 11.5. The fourth-order valence-corrected chi connectivity index (χ4v) is 3.79. The van der Waals surface area contributed by atoms with Crippen LogP contribution in [0.25, 0.3) is 0 Å². The monoisotopic (exact) mass is 315 g/mol. The molecule has 1 aromatic rings. The number of nitrogens with zero attached hydrogens (tertiary/aromatic N) is 1. The lowest BCUT2D eigenvalue weighted by Gasteiger charge is -2.29. The van der Waals surface area contributed by atoms with Gasteiger partial charge in [-0.25, -0.2) is 4.79 Å². The van der Waals surface area contributed by atoms with E-state index < -0.39 is 11.9 Å². The maximum atomic E-state index is 11.6. The van der Waals surface area contributed by atoms with E-state index in [-0.39, 0.29) is 0 Å². The molecule has 6 heteroatoms. The lowest BCUT2D eigenvalue weighted by Crippen LogP contribution is -2.40. The summed E-state index contributed by atoms with van der Waals surface area (Å²) in [5, 5.41) is 8.79. The van der Waals surface area contributed by atoms with E-state index in [9.17, 15) is 9.59 Å². The molecule has 0 atom stereocenters. The molecule has 0 aromatic heterocycles. The molecule has 2 rings (SSSR count). The maximum absolute atomic E-state index is 11.6. The Balaban J connectivity index is 2.51. The van der Waals surface area contributed by atoms with Crippen LogP contribution >= 0.6 is 27.7 Å². The Kier molecular flexibility index (Phi) is 3.44. The molecular weight excluding hydrogens is 306 g/mol. The first-order valence-corrected chi connectivity index (χ1v) is 6.76. The van der Waals surface area contributed by atoms with Crippen LogP contribution in [0.3, 0.4) is 0 Å². The molecule has 0 saturated carbocycles. The maximum Gasteiger partial charge on any atom is 0.394 e. The zero-order chi connectivity index (χ0) is 12.6. The van der Waals surface area contributed by atoms with Crippen LogP contribution < -0.4 is 4.90 Å². The third kappa shape index (κ3) is 2.32. The van der Waals surface area contributed by atoms with Gasteiger partial charge in [-0.1, -0.05) is 0 Å². The number of benzene rings is 1. The van der Waals surface area contributed by atoms with Crippen LogP contribution in [-0.2, 0) is 9.59 Å². The van der Waals surface area contributed by atoms with Crippen molar-refractivity contribution in [2.45, 2.75) is 11.8 Å². The summed E-state index contributed by atoms with van der Waals surface area (Å²) >= 11 is 5.02. The summed E-state index contributed by atoms with van der Waals surface area (Å²) in [6, 6.07) is 3.85. The molecule has 0 aliphatic carbocycles. The number of hydrogen-bond donors (Lipinski definition) is 1. The van der Waals surface area contributed by atoms with Crippen molar-refractivity contribution in [1.82, 2.24) is 0 Å². The van der Waals surface area contributed by atoms with Gasteiger partial charge in [0.05, 0.1) is 5.69 Å². The lowest BCUT2D eigenvalue weighted by atomic mass is 10.2. The van der Waals surface area contributed by atoms with Crippen LogP contribution in [-0.4, -0.2) is 29.3 Å². The molecule has 0 spiro atoms. The molecular formula is C11H10BrNO3S. The highest BCUT2D eigenvalue weighted by atomic mass is 79.9. The molecule has 1 aliphatic rings. The first kappa shape index (κ1) is 12.4. The van der Waals surface area contributed by atoms with E-state index in [0.29, 0.717) is 18.0 Å². The van der Waals surface area contributed by atoms with E-state index >= 15 is 0 Å².